The van der Waals surface area contributed by atoms with Gasteiger partial charge in [0, 0.05) is 12.3 Å². The molecule has 2 nitrogen and oxygen atoms in total. The minimum absolute atomic E-state index is 0.0718. The summed E-state index contributed by atoms with van der Waals surface area (Å²) in [5.41, 5.74) is -1.60. The van der Waals surface area contributed by atoms with Crippen molar-refractivity contribution < 1.29 is 22.7 Å². The van der Waals surface area contributed by atoms with Crippen LogP contribution in [0.3, 0.4) is 0 Å². The lowest BCUT2D eigenvalue weighted by molar-refractivity contribution is -0.180. The normalized spacial score (nSPS) is 18.5. The zero-order valence-corrected chi connectivity index (χ0v) is 10.6. The van der Waals surface area contributed by atoms with Gasteiger partial charge in [-0.25, -0.2) is 0 Å². The molecular formula is C13H17F3O2. The Labute approximate surface area is 105 Å². The van der Waals surface area contributed by atoms with Crippen molar-refractivity contribution in [2.45, 2.75) is 45.7 Å². The van der Waals surface area contributed by atoms with E-state index in [1.807, 2.05) is 0 Å². The molecule has 102 valence electrons. The Bertz CT molecular complexity index is 361. The second kappa shape index (κ2) is 5.64. The summed E-state index contributed by atoms with van der Waals surface area (Å²) in [4.78, 5) is 11.6. The molecule has 1 atom stereocenters. The quantitative estimate of drug-likeness (QED) is 0.574. The van der Waals surface area contributed by atoms with Crippen LogP contribution in [0.2, 0.25) is 0 Å². The van der Waals surface area contributed by atoms with Gasteiger partial charge in [-0.3, -0.25) is 4.79 Å². The van der Waals surface area contributed by atoms with Crippen LogP contribution in [0, 0.1) is 23.2 Å². The zero-order chi connectivity index (χ0) is 13.8. The summed E-state index contributed by atoms with van der Waals surface area (Å²) in [5, 5.41) is 0. The largest absolute Gasteiger partial charge is 0.466 e. The number of halogens is 3. The van der Waals surface area contributed by atoms with Gasteiger partial charge in [-0.2, -0.15) is 13.2 Å². The molecule has 1 aliphatic rings. The summed E-state index contributed by atoms with van der Waals surface area (Å²) in [6.45, 7) is 2.91. The summed E-state index contributed by atoms with van der Waals surface area (Å²) in [6, 6.07) is 0. The Morgan fingerprint density at radius 2 is 2.00 bits per heavy atom. The highest BCUT2D eigenvalue weighted by Gasteiger charge is 2.45. The van der Waals surface area contributed by atoms with Gasteiger partial charge in [-0.05, 0) is 26.7 Å². The summed E-state index contributed by atoms with van der Waals surface area (Å²) in [6.07, 6.45) is -3.70. The van der Waals surface area contributed by atoms with Crippen LogP contribution < -0.4 is 0 Å². The molecule has 0 bridgehead atoms. The van der Waals surface area contributed by atoms with Gasteiger partial charge in [0.1, 0.15) is 0 Å². The molecule has 0 saturated heterocycles. The lowest BCUT2D eigenvalue weighted by Crippen LogP contribution is -2.34. The molecule has 0 radical (unpaired) electrons. The van der Waals surface area contributed by atoms with E-state index in [1.165, 1.54) is 6.92 Å². The first-order valence-corrected chi connectivity index (χ1v) is 5.99. The number of rotatable bonds is 4. The van der Waals surface area contributed by atoms with Gasteiger partial charge in [-0.1, -0.05) is 5.92 Å². The fraction of sp³-hybridized carbons (Fsp3) is 0.769. The molecule has 0 N–H and O–H groups in total. The third kappa shape index (κ3) is 4.99. The van der Waals surface area contributed by atoms with E-state index in [0.29, 0.717) is 5.92 Å². The second-order valence-electron chi connectivity index (χ2n) is 4.85. The minimum atomic E-state index is -4.40. The monoisotopic (exact) mass is 262 g/mol. The van der Waals surface area contributed by atoms with Gasteiger partial charge >= 0.3 is 12.1 Å². The van der Waals surface area contributed by atoms with Gasteiger partial charge in [0.25, 0.3) is 0 Å². The number of carbonyl (C=O) groups excluding carboxylic acids is 1. The molecule has 1 rings (SSSR count). The molecule has 1 saturated carbocycles. The molecule has 5 heteroatoms. The Morgan fingerprint density at radius 3 is 2.44 bits per heavy atom. The third-order valence-electron chi connectivity index (χ3n) is 2.72. The van der Waals surface area contributed by atoms with E-state index in [2.05, 4.69) is 11.8 Å². The highest BCUT2D eigenvalue weighted by Crippen LogP contribution is 2.37. The van der Waals surface area contributed by atoms with Crippen molar-refractivity contribution >= 4 is 5.97 Å². The lowest BCUT2D eigenvalue weighted by Gasteiger charge is -2.26. The SMILES string of the molecule is CCOC(=O)C(C)(CC#CC1CC1)CC(F)(F)F. The molecule has 0 aromatic heterocycles. The topological polar surface area (TPSA) is 26.3 Å². The molecule has 0 aromatic rings. The molecule has 0 heterocycles. The fourth-order valence-corrected chi connectivity index (χ4v) is 1.57. The van der Waals surface area contributed by atoms with Crippen LogP contribution in [0.25, 0.3) is 0 Å². The Balaban J connectivity index is 2.72. The van der Waals surface area contributed by atoms with E-state index >= 15 is 0 Å². The highest BCUT2D eigenvalue weighted by molar-refractivity contribution is 5.76. The number of carbonyl (C=O) groups is 1. The van der Waals surface area contributed by atoms with Crippen molar-refractivity contribution in [1.82, 2.24) is 0 Å². The van der Waals surface area contributed by atoms with Gasteiger partial charge in [-0.15, -0.1) is 5.92 Å². The van der Waals surface area contributed by atoms with Crippen molar-refractivity contribution in [3.8, 4) is 11.8 Å². The Morgan fingerprint density at radius 1 is 1.39 bits per heavy atom. The number of hydrogen-bond donors (Lipinski definition) is 0. The number of esters is 1. The van der Waals surface area contributed by atoms with E-state index in [1.54, 1.807) is 6.92 Å². The van der Waals surface area contributed by atoms with Crippen LogP contribution in [0.5, 0.6) is 0 Å². The van der Waals surface area contributed by atoms with Crippen molar-refractivity contribution in [3.63, 3.8) is 0 Å². The van der Waals surface area contributed by atoms with Gasteiger partial charge in [0.15, 0.2) is 0 Å². The number of hydrogen-bond acceptors (Lipinski definition) is 2. The minimum Gasteiger partial charge on any atom is -0.466 e. The first-order chi connectivity index (χ1) is 8.27. The van der Waals surface area contributed by atoms with Crippen LogP contribution in [0.4, 0.5) is 13.2 Å². The maximum Gasteiger partial charge on any atom is 0.390 e. The molecule has 1 unspecified atom stereocenters. The van der Waals surface area contributed by atoms with Crippen molar-refractivity contribution in [1.29, 1.82) is 0 Å². The maximum atomic E-state index is 12.5. The summed E-state index contributed by atoms with van der Waals surface area (Å²) in [5.74, 6) is 5.05. The van der Waals surface area contributed by atoms with Crippen molar-refractivity contribution in [2.24, 2.45) is 11.3 Å². The van der Waals surface area contributed by atoms with Crippen molar-refractivity contribution in [3.05, 3.63) is 0 Å². The smallest absolute Gasteiger partial charge is 0.390 e. The van der Waals surface area contributed by atoms with Crippen LogP contribution in [0.1, 0.15) is 39.5 Å². The molecule has 0 amide bonds. The van der Waals surface area contributed by atoms with Crippen LogP contribution >= 0.6 is 0 Å². The summed E-state index contributed by atoms with van der Waals surface area (Å²) in [7, 11) is 0. The average Bonchev–Trinajstić information content (AvgIpc) is 2.99. The Hall–Kier alpha value is -1.18. The standard InChI is InChI=1S/C13H17F3O2/c1-3-18-11(17)12(2,9-13(14,15)16)8-4-5-10-6-7-10/h10H,3,6-9H2,1-2H3. The number of ether oxygens (including phenoxy) is 1. The second-order valence-corrected chi connectivity index (χ2v) is 4.85. The van der Waals surface area contributed by atoms with Gasteiger partial charge in [0.05, 0.1) is 18.4 Å². The molecule has 0 aliphatic heterocycles. The van der Waals surface area contributed by atoms with E-state index in [0.717, 1.165) is 12.8 Å². The highest BCUT2D eigenvalue weighted by atomic mass is 19.4. The van der Waals surface area contributed by atoms with Gasteiger partial charge in [0.2, 0.25) is 0 Å². The molecule has 0 spiro atoms. The maximum absolute atomic E-state index is 12.5. The predicted molar refractivity (Wildman–Crippen MR) is 60.5 cm³/mol. The molecule has 1 aliphatic carbocycles. The first kappa shape index (κ1) is 14.9. The van der Waals surface area contributed by atoms with E-state index < -0.39 is 24.0 Å². The average molecular weight is 262 g/mol. The van der Waals surface area contributed by atoms with Gasteiger partial charge < -0.3 is 4.74 Å². The lowest BCUT2D eigenvalue weighted by atomic mass is 9.83. The van der Waals surface area contributed by atoms with E-state index in [9.17, 15) is 18.0 Å². The molecule has 0 aromatic carbocycles. The summed E-state index contributed by atoms with van der Waals surface area (Å²) >= 11 is 0. The predicted octanol–water partition coefficient (Wildman–Crippen LogP) is 3.31. The van der Waals surface area contributed by atoms with Crippen LogP contribution in [0.15, 0.2) is 0 Å². The zero-order valence-electron chi connectivity index (χ0n) is 10.6. The summed E-state index contributed by atoms with van der Waals surface area (Å²) < 4.78 is 42.2. The van der Waals surface area contributed by atoms with E-state index in [-0.39, 0.29) is 13.0 Å². The van der Waals surface area contributed by atoms with Crippen molar-refractivity contribution in [2.75, 3.05) is 6.61 Å². The van der Waals surface area contributed by atoms with Crippen LogP contribution in [-0.2, 0) is 9.53 Å². The third-order valence-corrected chi connectivity index (χ3v) is 2.72. The molecule has 18 heavy (non-hydrogen) atoms. The Kier molecular flexibility index (Phi) is 4.66. The van der Waals surface area contributed by atoms with E-state index in [4.69, 9.17) is 4.74 Å². The first-order valence-electron chi connectivity index (χ1n) is 5.99. The number of alkyl halides is 3. The molecular weight excluding hydrogens is 245 g/mol. The fourth-order valence-electron chi connectivity index (χ4n) is 1.57. The molecule has 1 fully saturated rings. The van der Waals surface area contributed by atoms with Crippen LogP contribution in [-0.4, -0.2) is 18.8 Å².